The predicted molar refractivity (Wildman–Crippen MR) is 126 cm³/mol. The van der Waals surface area contributed by atoms with Crippen molar-refractivity contribution in [2.45, 2.75) is 38.5 Å². The Morgan fingerprint density at radius 3 is 1.97 bits per heavy atom. The van der Waals surface area contributed by atoms with E-state index in [0.29, 0.717) is 12.1 Å². The van der Waals surface area contributed by atoms with E-state index in [4.69, 9.17) is 8.83 Å². The first-order valence-electron chi connectivity index (χ1n) is 9.95. The highest BCUT2D eigenvalue weighted by atomic mass is 32.1. The molecule has 4 nitrogen and oxygen atoms in total. The second kappa shape index (κ2) is 12.3. The summed E-state index contributed by atoms with van der Waals surface area (Å²) in [6, 6.07) is 16.9. The largest absolute Gasteiger partial charge is 0.468 e. The summed E-state index contributed by atoms with van der Waals surface area (Å²) in [7, 11) is 0. The molecule has 0 saturated carbocycles. The van der Waals surface area contributed by atoms with E-state index >= 15 is 0 Å². The molecule has 0 radical (unpaired) electrons. The van der Waals surface area contributed by atoms with Crippen LogP contribution in [-0.2, 0) is 13.1 Å². The van der Waals surface area contributed by atoms with E-state index in [1.54, 1.807) is 35.2 Å². The van der Waals surface area contributed by atoms with Gasteiger partial charge in [-0.2, -0.15) is 0 Å². The zero-order valence-electron chi connectivity index (χ0n) is 17.1. The van der Waals surface area contributed by atoms with E-state index in [1.807, 2.05) is 30.3 Å². The van der Waals surface area contributed by atoms with E-state index in [0.717, 1.165) is 31.0 Å². The highest BCUT2D eigenvalue weighted by Gasteiger charge is 2.10. The first-order chi connectivity index (χ1) is 14.8. The molecule has 0 aliphatic heterocycles. The molecule has 0 bridgehead atoms. The van der Waals surface area contributed by atoms with Crippen molar-refractivity contribution in [2.75, 3.05) is 0 Å². The van der Waals surface area contributed by atoms with Gasteiger partial charge < -0.3 is 19.5 Å². The van der Waals surface area contributed by atoms with Gasteiger partial charge in [0, 0.05) is 21.8 Å². The van der Waals surface area contributed by atoms with Crippen LogP contribution >= 0.6 is 22.7 Å². The van der Waals surface area contributed by atoms with Crippen LogP contribution in [0.3, 0.4) is 0 Å². The summed E-state index contributed by atoms with van der Waals surface area (Å²) in [5, 5.41) is 11.1. The zero-order chi connectivity index (χ0) is 21.0. The molecule has 0 aliphatic rings. The van der Waals surface area contributed by atoms with Crippen LogP contribution in [0.15, 0.2) is 93.3 Å². The SMILES string of the molecule is C=CCC(NCc1ccco1)c1cccs1.CC(NCc1ccco1)c1cccs1. The molecule has 0 amide bonds. The molecule has 2 N–H and O–H groups in total. The molecule has 0 aliphatic carbocycles. The van der Waals surface area contributed by atoms with Crippen LogP contribution in [0.1, 0.15) is 46.7 Å². The van der Waals surface area contributed by atoms with Gasteiger partial charge in [0.2, 0.25) is 0 Å². The van der Waals surface area contributed by atoms with Crippen molar-refractivity contribution in [1.82, 2.24) is 10.6 Å². The van der Waals surface area contributed by atoms with Crippen molar-refractivity contribution in [3.63, 3.8) is 0 Å². The van der Waals surface area contributed by atoms with Crippen LogP contribution < -0.4 is 10.6 Å². The van der Waals surface area contributed by atoms with E-state index in [2.05, 4.69) is 59.2 Å². The van der Waals surface area contributed by atoms with Gasteiger partial charge in [0.15, 0.2) is 0 Å². The van der Waals surface area contributed by atoms with E-state index in [9.17, 15) is 0 Å². The summed E-state index contributed by atoms with van der Waals surface area (Å²) in [6.07, 6.45) is 6.28. The molecule has 0 fully saturated rings. The normalized spacial score (nSPS) is 12.7. The van der Waals surface area contributed by atoms with Gasteiger partial charge >= 0.3 is 0 Å². The molecule has 6 heteroatoms. The monoisotopic (exact) mass is 440 g/mol. The zero-order valence-corrected chi connectivity index (χ0v) is 18.8. The van der Waals surface area contributed by atoms with Crippen molar-refractivity contribution in [3.8, 4) is 0 Å². The minimum Gasteiger partial charge on any atom is -0.468 e. The molecular weight excluding hydrogens is 412 g/mol. The standard InChI is InChI=1S/C13H15NOS.C11H13NOS/c1-2-5-12(13-7-4-9-16-13)14-10-11-6-3-8-15-11;1-9(11-5-3-7-14-11)12-8-10-4-2-6-13-10/h2-4,6-9,12,14H,1,5,10H2;2-7,9,12H,8H2,1H3. The van der Waals surface area contributed by atoms with Gasteiger partial charge in [0.1, 0.15) is 11.5 Å². The van der Waals surface area contributed by atoms with Crippen LogP contribution in [0.4, 0.5) is 0 Å². The molecule has 4 aromatic rings. The van der Waals surface area contributed by atoms with Gasteiger partial charge in [-0.1, -0.05) is 18.2 Å². The van der Waals surface area contributed by atoms with Crippen LogP contribution in [0.2, 0.25) is 0 Å². The lowest BCUT2D eigenvalue weighted by molar-refractivity contribution is 0.452. The molecule has 0 saturated heterocycles. The third-order valence-corrected chi connectivity index (χ3v) is 6.57. The average molecular weight is 441 g/mol. The molecule has 4 heterocycles. The summed E-state index contributed by atoms with van der Waals surface area (Å²) in [6.45, 7) is 7.50. The van der Waals surface area contributed by atoms with Gasteiger partial charge in [0.05, 0.1) is 25.6 Å². The molecule has 30 heavy (non-hydrogen) atoms. The van der Waals surface area contributed by atoms with Crippen molar-refractivity contribution < 1.29 is 8.83 Å². The van der Waals surface area contributed by atoms with Gasteiger partial charge in [0.25, 0.3) is 0 Å². The minimum atomic E-state index is 0.336. The van der Waals surface area contributed by atoms with Crippen LogP contribution in [0.5, 0.6) is 0 Å². The maximum absolute atomic E-state index is 5.29. The van der Waals surface area contributed by atoms with Gasteiger partial charge in [-0.15, -0.1) is 29.3 Å². The Morgan fingerprint density at radius 1 is 0.867 bits per heavy atom. The Balaban J connectivity index is 0.000000172. The fraction of sp³-hybridized carbons (Fsp3) is 0.250. The molecule has 4 rings (SSSR count). The smallest absolute Gasteiger partial charge is 0.117 e. The lowest BCUT2D eigenvalue weighted by Crippen LogP contribution is -2.19. The molecular formula is C24H28N2O2S2. The predicted octanol–water partition coefficient (Wildman–Crippen LogP) is 6.94. The summed E-state index contributed by atoms with van der Waals surface area (Å²) in [5.41, 5.74) is 0. The van der Waals surface area contributed by atoms with E-state index in [1.165, 1.54) is 9.75 Å². The van der Waals surface area contributed by atoms with E-state index < -0.39 is 0 Å². The summed E-state index contributed by atoms with van der Waals surface area (Å²) < 4.78 is 10.5. The Morgan fingerprint density at radius 2 is 1.47 bits per heavy atom. The van der Waals surface area contributed by atoms with E-state index in [-0.39, 0.29) is 0 Å². The van der Waals surface area contributed by atoms with Crippen molar-refractivity contribution in [1.29, 1.82) is 0 Å². The number of hydrogen-bond donors (Lipinski definition) is 2. The van der Waals surface area contributed by atoms with Gasteiger partial charge in [-0.25, -0.2) is 0 Å². The van der Waals surface area contributed by atoms with Crippen molar-refractivity contribution in [3.05, 3.63) is 106 Å². The fourth-order valence-corrected chi connectivity index (χ4v) is 4.47. The maximum Gasteiger partial charge on any atom is 0.117 e. The number of thiophene rings is 2. The lowest BCUT2D eigenvalue weighted by atomic mass is 10.1. The Kier molecular flexibility index (Phi) is 9.18. The number of hydrogen-bond acceptors (Lipinski definition) is 6. The summed E-state index contributed by atoms with van der Waals surface area (Å²) in [5.74, 6) is 1.94. The first-order valence-corrected chi connectivity index (χ1v) is 11.7. The number of furan rings is 2. The van der Waals surface area contributed by atoms with Crippen LogP contribution in [0, 0.1) is 0 Å². The second-order valence-electron chi connectivity index (χ2n) is 6.75. The third-order valence-electron chi connectivity index (χ3n) is 4.52. The van der Waals surface area contributed by atoms with Gasteiger partial charge in [-0.05, 0) is 60.5 Å². The molecule has 2 unspecified atom stereocenters. The molecule has 4 aromatic heterocycles. The fourth-order valence-electron chi connectivity index (χ4n) is 2.90. The highest BCUT2D eigenvalue weighted by Crippen LogP contribution is 2.22. The average Bonchev–Trinajstić information content (AvgIpc) is 3.59. The maximum atomic E-state index is 5.29. The van der Waals surface area contributed by atoms with Gasteiger partial charge in [-0.3, -0.25) is 0 Å². The molecule has 0 spiro atoms. The number of rotatable bonds is 10. The quantitative estimate of drug-likeness (QED) is 0.262. The van der Waals surface area contributed by atoms with Crippen LogP contribution in [-0.4, -0.2) is 0 Å². The highest BCUT2D eigenvalue weighted by molar-refractivity contribution is 7.10. The summed E-state index contributed by atoms with van der Waals surface area (Å²) >= 11 is 3.54. The Hall–Kier alpha value is -2.38. The molecule has 158 valence electrons. The Labute approximate surface area is 186 Å². The molecule has 0 aromatic carbocycles. The topological polar surface area (TPSA) is 50.3 Å². The molecule has 2 atom stereocenters. The van der Waals surface area contributed by atoms with Crippen molar-refractivity contribution >= 4 is 22.7 Å². The first kappa shape index (κ1) is 22.3. The van der Waals surface area contributed by atoms with Crippen molar-refractivity contribution in [2.24, 2.45) is 0 Å². The third kappa shape index (κ3) is 7.15. The minimum absolute atomic E-state index is 0.336. The Bertz CT molecular complexity index is 914. The summed E-state index contributed by atoms with van der Waals surface area (Å²) in [4.78, 5) is 2.70. The van der Waals surface area contributed by atoms with Crippen LogP contribution in [0.25, 0.3) is 0 Å². The number of nitrogens with one attached hydrogen (secondary N) is 2. The lowest BCUT2D eigenvalue weighted by Gasteiger charge is -2.14. The second-order valence-corrected chi connectivity index (χ2v) is 8.71.